The highest BCUT2D eigenvalue weighted by Gasteiger charge is 2.31. The van der Waals surface area contributed by atoms with Crippen molar-refractivity contribution in [2.24, 2.45) is 11.8 Å². The van der Waals surface area contributed by atoms with E-state index in [0.29, 0.717) is 0 Å². The lowest BCUT2D eigenvalue weighted by Crippen LogP contribution is -2.32. The van der Waals surface area contributed by atoms with Gasteiger partial charge >= 0.3 is 0 Å². The number of hydrogen-bond acceptors (Lipinski definition) is 3. The number of halogens is 1. The van der Waals surface area contributed by atoms with Gasteiger partial charge < -0.3 is 15.0 Å². The number of benzene rings is 2. The van der Waals surface area contributed by atoms with E-state index in [0.717, 1.165) is 67.9 Å². The van der Waals surface area contributed by atoms with Crippen molar-refractivity contribution in [2.45, 2.75) is 12.8 Å². The van der Waals surface area contributed by atoms with Crippen molar-refractivity contribution in [2.75, 3.05) is 26.2 Å². The Morgan fingerprint density at radius 3 is 2.08 bits per heavy atom. The van der Waals surface area contributed by atoms with Crippen LogP contribution in [0.15, 0.2) is 54.6 Å². The second-order valence-corrected chi connectivity index (χ2v) is 6.99. The van der Waals surface area contributed by atoms with Gasteiger partial charge in [-0.2, -0.15) is 0 Å². The number of carbonyl (C=O) groups excluding carboxylic acids is 1. The molecule has 4 rings (SSSR count). The number of likely N-dealkylation sites (tertiary alicyclic amines) is 1. The summed E-state index contributed by atoms with van der Waals surface area (Å²) in [6.45, 7) is 3.95. The maximum absolute atomic E-state index is 12.8. The van der Waals surface area contributed by atoms with Crippen LogP contribution < -0.4 is 10.1 Å². The molecular weight excluding hydrogens is 348 g/mol. The third kappa shape index (κ3) is 4.19. The van der Waals surface area contributed by atoms with Crippen molar-refractivity contribution >= 4 is 18.3 Å². The van der Waals surface area contributed by atoms with E-state index in [4.69, 9.17) is 4.74 Å². The van der Waals surface area contributed by atoms with Crippen LogP contribution in [0.2, 0.25) is 0 Å². The van der Waals surface area contributed by atoms with Crippen molar-refractivity contribution < 1.29 is 9.53 Å². The number of nitrogens with zero attached hydrogens (tertiary/aromatic N) is 1. The Morgan fingerprint density at radius 2 is 1.46 bits per heavy atom. The molecule has 5 heteroatoms. The van der Waals surface area contributed by atoms with Gasteiger partial charge in [0, 0.05) is 18.7 Å². The zero-order chi connectivity index (χ0) is 17.1. The van der Waals surface area contributed by atoms with E-state index < -0.39 is 0 Å². The Labute approximate surface area is 160 Å². The first-order valence-corrected chi connectivity index (χ1v) is 9.12. The van der Waals surface area contributed by atoms with E-state index in [9.17, 15) is 4.79 Å². The predicted octanol–water partition coefficient (Wildman–Crippen LogP) is 3.97. The molecule has 2 aliphatic heterocycles. The highest BCUT2D eigenvalue weighted by atomic mass is 35.5. The summed E-state index contributed by atoms with van der Waals surface area (Å²) in [6.07, 6.45) is 2.22. The summed E-state index contributed by atoms with van der Waals surface area (Å²) in [6, 6.07) is 17.2. The molecule has 2 saturated heterocycles. The smallest absolute Gasteiger partial charge is 0.253 e. The van der Waals surface area contributed by atoms with Crippen LogP contribution in [0.1, 0.15) is 23.2 Å². The van der Waals surface area contributed by atoms with Gasteiger partial charge in [-0.15, -0.1) is 12.4 Å². The summed E-state index contributed by atoms with van der Waals surface area (Å²) in [7, 11) is 0. The first-order chi connectivity index (χ1) is 12.3. The van der Waals surface area contributed by atoms with Gasteiger partial charge in [-0.25, -0.2) is 0 Å². The largest absolute Gasteiger partial charge is 0.457 e. The molecule has 1 N–H and O–H groups in total. The molecule has 26 heavy (non-hydrogen) atoms. The van der Waals surface area contributed by atoms with Crippen molar-refractivity contribution in [1.29, 1.82) is 0 Å². The number of fused-ring (bicyclic) bond motifs is 1. The fourth-order valence-corrected chi connectivity index (χ4v) is 3.89. The molecule has 0 saturated carbocycles. The van der Waals surface area contributed by atoms with Crippen molar-refractivity contribution in [3.8, 4) is 11.5 Å². The van der Waals surface area contributed by atoms with Gasteiger partial charge in [0.15, 0.2) is 0 Å². The highest BCUT2D eigenvalue weighted by molar-refractivity contribution is 5.94. The molecule has 0 spiro atoms. The number of carbonyl (C=O) groups is 1. The monoisotopic (exact) mass is 372 g/mol. The minimum atomic E-state index is 0. The van der Waals surface area contributed by atoms with Crippen LogP contribution in [0, 0.1) is 11.8 Å². The summed E-state index contributed by atoms with van der Waals surface area (Å²) in [4.78, 5) is 14.8. The minimum Gasteiger partial charge on any atom is -0.457 e. The molecule has 0 radical (unpaired) electrons. The number of para-hydroxylation sites is 1. The third-order valence-corrected chi connectivity index (χ3v) is 5.39. The van der Waals surface area contributed by atoms with Gasteiger partial charge in [0.25, 0.3) is 5.91 Å². The van der Waals surface area contributed by atoms with E-state index >= 15 is 0 Å². The number of hydrogen-bond donors (Lipinski definition) is 1. The van der Waals surface area contributed by atoms with Crippen LogP contribution in [0.25, 0.3) is 0 Å². The molecule has 2 aromatic carbocycles. The molecule has 2 aromatic rings. The topological polar surface area (TPSA) is 41.6 Å². The molecule has 2 aliphatic rings. The fourth-order valence-electron chi connectivity index (χ4n) is 3.89. The highest BCUT2D eigenvalue weighted by Crippen LogP contribution is 2.28. The van der Waals surface area contributed by atoms with Gasteiger partial charge in [-0.05, 0) is 74.2 Å². The fraction of sp³-hybridized carbons (Fsp3) is 0.381. The quantitative estimate of drug-likeness (QED) is 0.886. The average molecular weight is 373 g/mol. The second-order valence-electron chi connectivity index (χ2n) is 6.99. The Morgan fingerprint density at radius 1 is 0.885 bits per heavy atom. The molecule has 2 atom stereocenters. The molecule has 0 aromatic heterocycles. The predicted molar refractivity (Wildman–Crippen MR) is 105 cm³/mol. The summed E-state index contributed by atoms with van der Waals surface area (Å²) >= 11 is 0. The van der Waals surface area contributed by atoms with Crippen LogP contribution in [0.4, 0.5) is 0 Å². The van der Waals surface area contributed by atoms with Crippen molar-refractivity contribution in [3.63, 3.8) is 0 Å². The van der Waals surface area contributed by atoms with E-state index in [2.05, 4.69) is 5.32 Å². The van der Waals surface area contributed by atoms with E-state index in [1.807, 2.05) is 59.5 Å². The standard InChI is InChI=1S/C21H24N2O2.ClH/c24-21(23-12-10-17-14-22-15-18(17)11-13-23)16-6-8-20(9-7-16)25-19-4-2-1-3-5-19;/h1-9,17-18,22H,10-15H2;1H/t17-,18+;. The van der Waals surface area contributed by atoms with Crippen LogP contribution in [-0.2, 0) is 0 Å². The van der Waals surface area contributed by atoms with Gasteiger partial charge in [-0.1, -0.05) is 18.2 Å². The Kier molecular flexibility index (Phi) is 6.17. The van der Waals surface area contributed by atoms with Gasteiger partial charge in [0.1, 0.15) is 11.5 Å². The lowest BCUT2D eigenvalue weighted by molar-refractivity contribution is 0.0758. The molecule has 0 unspecified atom stereocenters. The first-order valence-electron chi connectivity index (χ1n) is 9.12. The lowest BCUT2D eigenvalue weighted by atomic mass is 9.92. The first kappa shape index (κ1) is 18.7. The van der Waals surface area contributed by atoms with Crippen LogP contribution in [0.3, 0.4) is 0 Å². The number of ether oxygens (including phenoxy) is 1. The second kappa shape index (κ2) is 8.56. The Balaban J connectivity index is 0.00000196. The van der Waals surface area contributed by atoms with Crippen LogP contribution in [0.5, 0.6) is 11.5 Å². The normalized spacial score (nSPS) is 22.1. The molecular formula is C21H25ClN2O2. The van der Waals surface area contributed by atoms with Crippen LogP contribution in [-0.4, -0.2) is 37.0 Å². The average Bonchev–Trinajstić information content (AvgIpc) is 3.01. The molecule has 2 heterocycles. The summed E-state index contributed by atoms with van der Waals surface area (Å²) < 4.78 is 5.80. The Bertz CT molecular complexity index is 707. The molecule has 138 valence electrons. The number of nitrogens with one attached hydrogen (secondary N) is 1. The van der Waals surface area contributed by atoms with Crippen LogP contribution >= 0.6 is 12.4 Å². The molecule has 4 nitrogen and oxygen atoms in total. The number of amides is 1. The Hall–Kier alpha value is -2.04. The minimum absolute atomic E-state index is 0. The molecule has 1 amide bonds. The van der Waals surface area contributed by atoms with E-state index in [1.54, 1.807) is 0 Å². The summed E-state index contributed by atoms with van der Waals surface area (Å²) in [5, 5.41) is 3.48. The maximum atomic E-state index is 12.8. The van der Waals surface area contributed by atoms with Gasteiger partial charge in [0.05, 0.1) is 0 Å². The maximum Gasteiger partial charge on any atom is 0.253 e. The summed E-state index contributed by atoms with van der Waals surface area (Å²) in [5.74, 6) is 3.16. The van der Waals surface area contributed by atoms with E-state index in [-0.39, 0.29) is 18.3 Å². The van der Waals surface area contributed by atoms with Crippen molar-refractivity contribution in [3.05, 3.63) is 60.2 Å². The molecule has 0 aliphatic carbocycles. The lowest BCUT2D eigenvalue weighted by Gasteiger charge is -2.21. The van der Waals surface area contributed by atoms with Crippen molar-refractivity contribution in [1.82, 2.24) is 10.2 Å². The van der Waals surface area contributed by atoms with Gasteiger partial charge in [0.2, 0.25) is 0 Å². The SMILES string of the molecule is Cl.O=C(c1ccc(Oc2ccccc2)cc1)N1CC[C@@H]2CNC[C@@H]2CC1. The summed E-state index contributed by atoms with van der Waals surface area (Å²) in [5.41, 5.74) is 0.741. The number of rotatable bonds is 3. The zero-order valence-electron chi connectivity index (χ0n) is 14.8. The van der Waals surface area contributed by atoms with E-state index in [1.165, 1.54) is 0 Å². The van der Waals surface area contributed by atoms with Gasteiger partial charge in [-0.3, -0.25) is 4.79 Å². The zero-order valence-corrected chi connectivity index (χ0v) is 15.6. The molecule has 0 bridgehead atoms. The molecule has 2 fully saturated rings. The third-order valence-electron chi connectivity index (χ3n) is 5.39.